The highest BCUT2D eigenvalue weighted by Crippen LogP contribution is 2.19. The molecule has 0 aliphatic carbocycles. The number of thiophene rings is 1. The maximum absolute atomic E-state index is 11.3. The Kier molecular flexibility index (Phi) is 6.22. The lowest BCUT2D eigenvalue weighted by atomic mass is 10.2. The summed E-state index contributed by atoms with van der Waals surface area (Å²) in [5, 5.41) is 6.18. The summed E-state index contributed by atoms with van der Waals surface area (Å²) in [4.78, 5) is 14.0. The standard InChI is InChI=1S/C13H22N2OS/c1-4-6-15-13(16)5-7-14-9-12-8-10(2)17-11(12)3/h8,14H,4-7,9H2,1-3H3,(H,15,16). The van der Waals surface area contributed by atoms with Crippen LogP contribution in [0.5, 0.6) is 0 Å². The topological polar surface area (TPSA) is 41.1 Å². The molecule has 1 rings (SSSR count). The lowest BCUT2D eigenvalue weighted by Gasteiger charge is -2.05. The van der Waals surface area contributed by atoms with E-state index >= 15 is 0 Å². The molecule has 17 heavy (non-hydrogen) atoms. The molecule has 0 fully saturated rings. The van der Waals surface area contributed by atoms with E-state index in [2.05, 4.69) is 37.5 Å². The van der Waals surface area contributed by atoms with Crippen LogP contribution in [0.15, 0.2) is 6.07 Å². The summed E-state index contributed by atoms with van der Waals surface area (Å²) in [6, 6.07) is 2.21. The van der Waals surface area contributed by atoms with Gasteiger partial charge in [0.25, 0.3) is 0 Å². The summed E-state index contributed by atoms with van der Waals surface area (Å²) in [5.41, 5.74) is 1.35. The molecule has 0 bridgehead atoms. The van der Waals surface area contributed by atoms with Crippen LogP contribution >= 0.6 is 11.3 Å². The second kappa shape index (κ2) is 7.45. The van der Waals surface area contributed by atoms with E-state index in [9.17, 15) is 4.79 Å². The highest BCUT2D eigenvalue weighted by Gasteiger charge is 2.03. The van der Waals surface area contributed by atoms with Gasteiger partial charge in [-0.15, -0.1) is 11.3 Å². The molecule has 2 N–H and O–H groups in total. The summed E-state index contributed by atoms with van der Waals surface area (Å²) in [7, 11) is 0. The smallest absolute Gasteiger partial charge is 0.221 e. The van der Waals surface area contributed by atoms with Crippen LogP contribution in [0.25, 0.3) is 0 Å². The highest BCUT2D eigenvalue weighted by atomic mass is 32.1. The molecule has 0 saturated carbocycles. The van der Waals surface area contributed by atoms with E-state index in [1.54, 1.807) is 0 Å². The largest absolute Gasteiger partial charge is 0.356 e. The molecule has 1 aromatic rings. The van der Waals surface area contributed by atoms with Crippen molar-refractivity contribution in [1.29, 1.82) is 0 Å². The van der Waals surface area contributed by atoms with Crippen molar-refractivity contribution in [3.8, 4) is 0 Å². The van der Waals surface area contributed by atoms with Crippen molar-refractivity contribution in [3.63, 3.8) is 0 Å². The molecular formula is C13H22N2OS. The SMILES string of the molecule is CCCNC(=O)CCNCc1cc(C)sc1C. The lowest BCUT2D eigenvalue weighted by Crippen LogP contribution is -2.28. The van der Waals surface area contributed by atoms with Gasteiger partial charge < -0.3 is 10.6 Å². The average molecular weight is 254 g/mol. The first kappa shape index (κ1) is 14.2. The van der Waals surface area contributed by atoms with Gasteiger partial charge in [0.15, 0.2) is 0 Å². The molecule has 96 valence electrons. The van der Waals surface area contributed by atoms with E-state index in [4.69, 9.17) is 0 Å². The third kappa shape index (κ3) is 5.33. The molecular weight excluding hydrogens is 232 g/mol. The predicted octanol–water partition coefficient (Wildman–Crippen LogP) is 2.37. The molecule has 1 amide bonds. The molecule has 0 spiro atoms. The third-order valence-electron chi connectivity index (χ3n) is 2.56. The van der Waals surface area contributed by atoms with Gasteiger partial charge in [-0.3, -0.25) is 4.79 Å². The fraction of sp³-hybridized carbons (Fsp3) is 0.615. The van der Waals surface area contributed by atoms with Gasteiger partial charge >= 0.3 is 0 Å². The molecule has 0 radical (unpaired) electrons. The summed E-state index contributed by atoms with van der Waals surface area (Å²) >= 11 is 1.83. The van der Waals surface area contributed by atoms with Crippen LogP contribution in [-0.2, 0) is 11.3 Å². The highest BCUT2D eigenvalue weighted by molar-refractivity contribution is 7.12. The van der Waals surface area contributed by atoms with Crippen LogP contribution in [0, 0.1) is 13.8 Å². The van der Waals surface area contributed by atoms with Crippen molar-refractivity contribution in [1.82, 2.24) is 10.6 Å². The first-order valence-electron chi connectivity index (χ1n) is 6.16. The Morgan fingerprint density at radius 3 is 2.71 bits per heavy atom. The quantitative estimate of drug-likeness (QED) is 0.734. The van der Waals surface area contributed by atoms with Crippen molar-refractivity contribution in [2.75, 3.05) is 13.1 Å². The molecule has 3 nitrogen and oxygen atoms in total. The molecule has 1 heterocycles. The van der Waals surface area contributed by atoms with Crippen molar-refractivity contribution in [2.45, 2.75) is 40.2 Å². The van der Waals surface area contributed by atoms with Gasteiger partial charge in [0, 0.05) is 35.8 Å². The number of carbonyl (C=O) groups is 1. The Balaban J connectivity index is 2.16. The fourth-order valence-corrected chi connectivity index (χ4v) is 2.58. The second-order valence-corrected chi connectivity index (χ2v) is 5.68. The van der Waals surface area contributed by atoms with Crippen LogP contribution in [0.3, 0.4) is 0 Å². The number of hydrogen-bond donors (Lipinski definition) is 2. The first-order valence-corrected chi connectivity index (χ1v) is 6.98. The summed E-state index contributed by atoms with van der Waals surface area (Å²) in [6.45, 7) is 8.70. The van der Waals surface area contributed by atoms with E-state index in [1.807, 2.05) is 11.3 Å². The maximum atomic E-state index is 11.3. The molecule has 0 saturated heterocycles. The molecule has 4 heteroatoms. The minimum Gasteiger partial charge on any atom is -0.356 e. The van der Waals surface area contributed by atoms with E-state index in [-0.39, 0.29) is 5.91 Å². The molecule has 1 aromatic heterocycles. The van der Waals surface area contributed by atoms with Gasteiger partial charge in [-0.25, -0.2) is 0 Å². The van der Waals surface area contributed by atoms with E-state index in [0.29, 0.717) is 6.42 Å². The van der Waals surface area contributed by atoms with Gasteiger partial charge in [-0.05, 0) is 31.9 Å². The zero-order valence-corrected chi connectivity index (χ0v) is 11.7. The van der Waals surface area contributed by atoms with Gasteiger partial charge in [0.1, 0.15) is 0 Å². The Morgan fingerprint density at radius 1 is 1.35 bits per heavy atom. The Labute approximate surface area is 108 Å². The average Bonchev–Trinajstić information content (AvgIpc) is 2.60. The molecule has 0 unspecified atom stereocenters. The summed E-state index contributed by atoms with van der Waals surface area (Å²) in [6.07, 6.45) is 1.55. The number of aryl methyl sites for hydroxylation is 2. The van der Waals surface area contributed by atoms with Crippen LogP contribution in [-0.4, -0.2) is 19.0 Å². The monoisotopic (exact) mass is 254 g/mol. The summed E-state index contributed by atoms with van der Waals surface area (Å²) < 4.78 is 0. The Hall–Kier alpha value is -0.870. The minimum absolute atomic E-state index is 0.137. The predicted molar refractivity (Wildman–Crippen MR) is 73.4 cm³/mol. The summed E-state index contributed by atoms with van der Waals surface area (Å²) in [5.74, 6) is 0.137. The Bertz CT molecular complexity index is 360. The first-order chi connectivity index (χ1) is 8.13. The van der Waals surface area contributed by atoms with Crippen LogP contribution in [0.2, 0.25) is 0 Å². The van der Waals surface area contributed by atoms with Crippen molar-refractivity contribution < 1.29 is 4.79 Å². The van der Waals surface area contributed by atoms with Crippen molar-refractivity contribution in [3.05, 3.63) is 21.4 Å². The number of hydrogen-bond acceptors (Lipinski definition) is 3. The van der Waals surface area contributed by atoms with Crippen LogP contribution in [0.1, 0.15) is 35.1 Å². The zero-order chi connectivity index (χ0) is 12.7. The normalized spacial score (nSPS) is 10.5. The van der Waals surface area contributed by atoms with Crippen molar-refractivity contribution >= 4 is 17.2 Å². The third-order valence-corrected chi connectivity index (χ3v) is 3.57. The number of carbonyl (C=O) groups excluding carboxylic acids is 1. The molecule has 0 aliphatic rings. The zero-order valence-electron chi connectivity index (χ0n) is 10.9. The van der Waals surface area contributed by atoms with E-state index < -0.39 is 0 Å². The number of amides is 1. The minimum atomic E-state index is 0.137. The van der Waals surface area contributed by atoms with Crippen molar-refractivity contribution in [2.24, 2.45) is 0 Å². The number of nitrogens with one attached hydrogen (secondary N) is 2. The van der Waals surface area contributed by atoms with Crippen LogP contribution < -0.4 is 10.6 Å². The van der Waals surface area contributed by atoms with Gasteiger partial charge in [0.05, 0.1) is 0 Å². The molecule has 0 aliphatic heterocycles. The Morgan fingerprint density at radius 2 is 2.12 bits per heavy atom. The molecule has 0 atom stereocenters. The fourth-order valence-electron chi connectivity index (χ4n) is 1.64. The van der Waals surface area contributed by atoms with Crippen LogP contribution in [0.4, 0.5) is 0 Å². The second-order valence-electron chi connectivity index (χ2n) is 4.22. The van der Waals surface area contributed by atoms with E-state index in [1.165, 1.54) is 15.3 Å². The van der Waals surface area contributed by atoms with Gasteiger partial charge in [-0.2, -0.15) is 0 Å². The maximum Gasteiger partial charge on any atom is 0.221 e. The number of rotatable bonds is 7. The van der Waals surface area contributed by atoms with E-state index in [0.717, 1.165) is 26.1 Å². The van der Waals surface area contributed by atoms with Gasteiger partial charge in [0.2, 0.25) is 5.91 Å². The van der Waals surface area contributed by atoms with Gasteiger partial charge in [-0.1, -0.05) is 6.92 Å². The molecule has 0 aromatic carbocycles. The lowest BCUT2D eigenvalue weighted by molar-refractivity contribution is -0.120.